The Morgan fingerprint density at radius 1 is 1.10 bits per heavy atom. The largest absolute Gasteiger partial charge is 0.418 e. The summed E-state index contributed by atoms with van der Waals surface area (Å²) >= 11 is 0. The van der Waals surface area contributed by atoms with Gasteiger partial charge in [-0.3, -0.25) is 0 Å². The number of aryl methyl sites for hydroxylation is 1. The molecule has 0 saturated carbocycles. The highest BCUT2D eigenvalue weighted by molar-refractivity contribution is 5.90. The molecule has 0 aliphatic carbocycles. The molecule has 0 unspecified atom stereocenters. The van der Waals surface area contributed by atoms with Crippen LogP contribution in [0.5, 0.6) is 0 Å². The van der Waals surface area contributed by atoms with Crippen LogP contribution in [0.2, 0.25) is 0 Å². The number of benzene rings is 1. The van der Waals surface area contributed by atoms with E-state index in [1.165, 1.54) is 29.4 Å². The van der Waals surface area contributed by atoms with Gasteiger partial charge in [-0.25, -0.2) is 19.4 Å². The first-order valence-electron chi connectivity index (χ1n) is 8.82. The Labute approximate surface area is 163 Å². The highest BCUT2D eigenvalue weighted by atomic mass is 19.4. The number of halogens is 3. The standard InChI is InChI=1S/C17H17F3N8O/c1-26-14-13(24-25-26)15(22-10-21-14)27-6-8-28(9-7-27)16(29)23-12-5-3-2-4-11(12)17(18,19)20/h2-5,10H,6-9H2,1H3,(H,23,29). The number of hydrogen-bond acceptors (Lipinski definition) is 6. The molecular weight excluding hydrogens is 389 g/mol. The minimum atomic E-state index is -4.54. The lowest BCUT2D eigenvalue weighted by atomic mass is 10.1. The van der Waals surface area contributed by atoms with Crippen LogP contribution in [0.15, 0.2) is 30.6 Å². The van der Waals surface area contributed by atoms with Crippen LogP contribution in [0, 0.1) is 0 Å². The molecule has 1 fully saturated rings. The van der Waals surface area contributed by atoms with Gasteiger partial charge in [-0.1, -0.05) is 17.3 Å². The van der Waals surface area contributed by atoms with Crippen molar-refractivity contribution in [1.82, 2.24) is 29.9 Å². The van der Waals surface area contributed by atoms with E-state index < -0.39 is 17.8 Å². The number of rotatable bonds is 2. The SMILES string of the molecule is Cn1nnc2c(N3CCN(C(=O)Nc4ccccc4C(F)(F)F)CC3)ncnc21. The number of anilines is 2. The van der Waals surface area contributed by atoms with Crippen LogP contribution < -0.4 is 10.2 Å². The molecule has 3 heterocycles. The Balaban J connectivity index is 1.44. The van der Waals surface area contributed by atoms with E-state index >= 15 is 0 Å². The number of alkyl halides is 3. The zero-order chi connectivity index (χ0) is 20.6. The maximum absolute atomic E-state index is 13.1. The first-order chi connectivity index (χ1) is 13.8. The summed E-state index contributed by atoms with van der Waals surface area (Å²) in [5.74, 6) is 0.616. The third-order valence-electron chi connectivity index (χ3n) is 4.71. The molecule has 0 bridgehead atoms. The third-order valence-corrected chi connectivity index (χ3v) is 4.71. The van der Waals surface area contributed by atoms with Gasteiger partial charge >= 0.3 is 12.2 Å². The predicted octanol–water partition coefficient (Wildman–Crippen LogP) is 2.13. The lowest BCUT2D eigenvalue weighted by Crippen LogP contribution is -2.50. The molecule has 3 aromatic rings. The molecule has 0 radical (unpaired) electrons. The first-order valence-corrected chi connectivity index (χ1v) is 8.82. The molecule has 4 rings (SSSR count). The summed E-state index contributed by atoms with van der Waals surface area (Å²) in [6.07, 6.45) is -3.12. The van der Waals surface area contributed by atoms with Crippen molar-refractivity contribution >= 4 is 28.7 Å². The lowest BCUT2D eigenvalue weighted by molar-refractivity contribution is -0.136. The molecule has 1 aromatic carbocycles. The maximum atomic E-state index is 13.1. The van der Waals surface area contributed by atoms with Gasteiger partial charge in [0.25, 0.3) is 0 Å². The summed E-state index contributed by atoms with van der Waals surface area (Å²) in [4.78, 5) is 24.3. The van der Waals surface area contributed by atoms with E-state index in [1.54, 1.807) is 11.7 Å². The van der Waals surface area contributed by atoms with E-state index in [1.807, 2.05) is 4.90 Å². The Morgan fingerprint density at radius 3 is 2.55 bits per heavy atom. The Kier molecular flexibility index (Phi) is 4.68. The Bertz CT molecular complexity index is 1040. The average molecular weight is 406 g/mol. The van der Waals surface area contributed by atoms with Crippen molar-refractivity contribution in [2.75, 3.05) is 36.4 Å². The molecule has 1 aliphatic heterocycles. The van der Waals surface area contributed by atoms with Crippen LogP contribution in [-0.4, -0.2) is 62.1 Å². The van der Waals surface area contributed by atoms with Crippen LogP contribution in [0.3, 0.4) is 0 Å². The van der Waals surface area contributed by atoms with Gasteiger partial charge in [0.1, 0.15) is 6.33 Å². The van der Waals surface area contributed by atoms with E-state index in [4.69, 9.17) is 0 Å². The highest BCUT2D eigenvalue weighted by Gasteiger charge is 2.34. The van der Waals surface area contributed by atoms with Crippen LogP contribution in [-0.2, 0) is 13.2 Å². The third kappa shape index (κ3) is 3.65. The number of aromatic nitrogens is 5. The molecule has 1 N–H and O–H groups in total. The molecule has 2 aromatic heterocycles. The lowest BCUT2D eigenvalue weighted by Gasteiger charge is -2.35. The van der Waals surface area contributed by atoms with E-state index in [2.05, 4.69) is 25.6 Å². The molecule has 152 valence electrons. The number of piperazine rings is 1. The zero-order valence-electron chi connectivity index (χ0n) is 15.4. The number of para-hydroxylation sites is 1. The van der Waals surface area contributed by atoms with Crippen molar-refractivity contribution in [1.29, 1.82) is 0 Å². The second-order valence-corrected chi connectivity index (χ2v) is 6.53. The van der Waals surface area contributed by atoms with Crippen molar-refractivity contribution in [2.45, 2.75) is 6.18 Å². The Hall–Kier alpha value is -3.44. The molecule has 1 saturated heterocycles. The molecular formula is C17H17F3N8O. The molecule has 2 amide bonds. The predicted molar refractivity (Wildman–Crippen MR) is 98.3 cm³/mol. The number of nitrogens with one attached hydrogen (secondary N) is 1. The quantitative estimate of drug-likeness (QED) is 0.701. The molecule has 1 aliphatic rings. The van der Waals surface area contributed by atoms with Crippen molar-refractivity contribution in [3.8, 4) is 0 Å². The van der Waals surface area contributed by atoms with E-state index in [9.17, 15) is 18.0 Å². The van der Waals surface area contributed by atoms with Crippen LogP contribution in [0.1, 0.15) is 5.56 Å². The van der Waals surface area contributed by atoms with Crippen LogP contribution >= 0.6 is 0 Å². The molecule has 0 atom stereocenters. The fourth-order valence-corrected chi connectivity index (χ4v) is 3.23. The van der Waals surface area contributed by atoms with Crippen LogP contribution in [0.4, 0.5) is 29.5 Å². The van der Waals surface area contributed by atoms with Gasteiger partial charge in [0.15, 0.2) is 17.0 Å². The summed E-state index contributed by atoms with van der Waals surface area (Å²) in [5, 5.41) is 10.4. The van der Waals surface area contributed by atoms with Gasteiger partial charge in [0.2, 0.25) is 0 Å². The zero-order valence-corrected chi connectivity index (χ0v) is 15.4. The summed E-state index contributed by atoms with van der Waals surface area (Å²) < 4.78 is 40.9. The topological polar surface area (TPSA) is 92.1 Å². The molecule has 9 nitrogen and oxygen atoms in total. The summed E-state index contributed by atoms with van der Waals surface area (Å²) in [6, 6.07) is 4.34. The first kappa shape index (κ1) is 18.9. The minimum absolute atomic E-state index is 0.260. The molecule has 29 heavy (non-hydrogen) atoms. The van der Waals surface area contributed by atoms with Crippen molar-refractivity contribution in [2.24, 2.45) is 7.05 Å². The number of amides is 2. The normalized spacial score (nSPS) is 15.0. The number of hydrogen-bond donors (Lipinski definition) is 1. The van der Waals surface area contributed by atoms with Gasteiger partial charge < -0.3 is 15.1 Å². The second-order valence-electron chi connectivity index (χ2n) is 6.53. The molecule has 0 spiro atoms. The fraction of sp³-hybridized carbons (Fsp3) is 0.353. The van der Waals surface area contributed by atoms with Gasteiger partial charge in [0, 0.05) is 33.2 Å². The monoisotopic (exact) mass is 406 g/mol. The van der Waals surface area contributed by atoms with Crippen molar-refractivity contribution in [3.63, 3.8) is 0 Å². The van der Waals surface area contributed by atoms with Gasteiger partial charge in [-0.15, -0.1) is 5.10 Å². The minimum Gasteiger partial charge on any atom is -0.351 e. The van der Waals surface area contributed by atoms with Crippen LogP contribution in [0.25, 0.3) is 11.2 Å². The maximum Gasteiger partial charge on any atom is 0.418 e. The van der Waals surface area contributed by atoms with Gasteiger partial charge in [0.05, 0.1) is 11.3 Å². The summed E-state index contributed by atoms with van der Waals surface area (Å²) in [5.41, 5.74) is 0.0217. The smallest absolute Gasteiger partial charge is 0.351 e. The van der Waals surface area contributed by atoms with Gasteiger partial charge in [-0.2, -0.15) is 13.2 Å². The number of nitrogens with zero attached hydrogens (tertiary/aromatic N) is 7. The van der Waals surface area contributed by atoms with E-state index in [-0.39, 0.29) is 5.69 Å². The Morgan fingerprint density at radius 2 is 1.83 bits per heavy atom. The fourth-order valence-electron chi connectivity index (χ4n) is 3.23. The summed E-state index contributed by atoms with van der Waals surface area (Å²) in [6.45, 7) is 1.56. The number of carbonyl (C=O) groups is 1. The number of fused-ring (bicyclic) bond motifs is 1. The molecule has 12 heteroatoms. The van der Waals surface area contributed by atoms with E-state index in [0.717, 1.165) is 6.07 Å². The number of urea groups is 1. The highest BCUT2D eigenvalue weighted by Crippen LogP contribution is 2.34. The van der Waals surface area contributed by atoms with E-state index in [0.29, 0.717) is 43.2 Å². The number of carbonyl (C=O) groups excluding carboxylic acids is 1. The second kappa shape index (κ2) is 7.18. The van der Waals surface area contributed by atoms with Crippen molar-refractivity contribution in [3.05, 3.63) is 36.2 Å². The van der Waals surface area contributed by atoms with Crippen molar-refractivity contribution < 1.29 is 18.0 Å². The van der Waals surface area contributed by atoms with Gasteiger partial charge in [-0.05, 0) is 12.1 Å². The average Bonchev–Trinajstić information content (AvgIpc) is 3.09. The summed E-state index contributed by atoms with van der Waals surface area (Å²) in [7, 11) is 1.73.